The Morgan fingerprint density at radius 3 is 2.37 bits per heavy atom. The van der Waals surface area contributed by atoms with Gasteiger partial charge in [0, 0.05) is 31.9 Å². The quantitative estimate of drug-likeness (QED) is 0.839. The lowest BCUT2D eigenvalue weighted by molar-refractivity contribution is -0.119. The van der Waals surface area contributed by atoms with Gasteiger partial charge >= 0.3 is 6.03 Å². The van der Waals surface area contributed by atoms with Crippen LogP contribution in [0.15, 0.2) is 24.3 Å². The maximum absolute atomic E-state index is 12.0. The summed E-state index contributed by atoms with van der Waals surface area (Å²) in [7, 11) is 0. The zero-order valence-electron chi connectivity index (χ0n) is 11.1. The van der Waals surface area contributed by atoms with E-state index in [4.69, 9.17) is 0 Å². The molecule has 1 saturated heterocycles. The minimum atomic E-state index is -0.102. The summed E-state index contributed by atoms with van der Waals surface area (Å²) in [5.41, 5.74) is 2.05. The van der Waals surface area contributed by atoms with Gasteiger partial charge in [-0.15, -0.1) is 0 Å². The molecule has 5 nitrogen and oxygen atoms in total. The Kier molecular flexibility index (Phi) is 4.39. The minimum Gasteiger partial charge on any atom is -0.342 e. The standard InChI is InChI=1S/C14H19N3O2/c1-2-12-3-5-13(6-4-12)15-14(19)17-9-7-16(11-18)8-10-17/h3-6,11H,2,7-10H2,1H3,(H,15,19). The van der Waals surface area contributed by atoms with E-state index >= 15 is 0 Å². The van der Waals surface area contributed by atoms with Gasteiger partial charge in [0.05, 0.1) is 0 Å². The molecule has 102 valence electrons. The number of rotatable bonds is 3. The zero-order valence-corrected chi connectivity index (χ0v) is 11.1. The molecule has 3 amide bonds. The first-order valence-electron chi connectivity index (χ1n) is 6.57. The van der Waals surface area contributed by atoms with Gasteiger partial charge in [0.15, 0.2) is 0 Å². The minimum absolute atomic E-state index is 0.102. The summed E-state index contributed by atoms with van der Waals surface area (Å²) < 4.78 is 0. The lowest BCUT2D eigenvalue weighted by Crippen LogP contribution is -2.49. The van der Waals surface area contributed by atoms with E-state index in [1.54, 1.807) is 9.80 Å². The van der Waals surface area contributed by atoms with Gasteiger partial charge in [-0.25, -0.2) is 4.79 Å². The van der Waals surface area contributed by atoms with Crippen molar-refractivity contribution in [1.82, 2.24) is 9.80 Å². The Morgan fingerprint density at radius 2 is 1.84 bits per heavy atom. The van der Waals surface area contributed by atoms with Gasteiger partial charge in [0.1, 0.15) is 0 Å². The number of nitrogens with one attached hydrogen (secondary N) is 1. The average molecular weight is 261 g/mol. The first-order valence-corrected chi connectivity index (χ1v) is 6.57. The smallest absolute Gasteiger partial charge is 0.321 e. The molecular formula is C14H19N3O2. The number of amides is 3. The summed E-state index contributed by atoms with van der Waals surface area (Å²) in [6.45, 7) is 4.47. The lowest BCUT2D eigenvalue weighted by atomic mass is 10.1. The summed E-state index contributed by atoms with van der Waals surface area (Å²) in [5, 5.41) is 2.88. The van der Waals surface area contributed by atoms with E-state index < -0.39 is 0 Å². The van der Waals surface area contributed by atoms with Crippen LogP contribution in [0.5, 0.6) is 0 Å². The number of hydrogen-bond acceptors (Lipinski definition) is 2. The third-order valence-electron chi connectivity index (χ3n) is 3.36. The number of carbonyl (C=O) groups excluding carboxylic acids is 2. The predicted octanol–water partition coefficient (Wildman–Crippen LogP) is 1.55. The van der Waals surface area contributed by atoms with Crippen LogP contribution >= 0.6 is 0 Å². The fourth-order valence-corrected chi connectivity index (χ4v) is 2.06. The topological polar surface area (TPSA) is 52.7 Å². The molecule has 1 aromatic carbocycles. The maximum Gasteiger partial charge on any atom is 0.321 e. The SMILES string of the molecule is CCc1ccc(NC(=O)N2CCN(C=O)CC2)cc1. The molecule has 1 heterocycles. The third kappa shape index (κ3) is 3.47. The molecule has 0 aromatic heterocycles. The molecule has 1 N–H and O–H groups in total. The highest BCUT2D eigenvalue weighted by atomic mass is 16.2. The summed E-state index contributed by atoms with van der Waals surface area (Å²) >= 11 is 0. The average Bonchev–Trinajstić information content (AvgIpc) is 2.48. The van der Waals surface area contributed by atoms with Gasteiger partial charge in [-0.05, 0) is 24.1 Å². The van der Waals surface area contributed by atoms with Crippen molar-refractivity contribution in [2.24, 2.45) is 0 Å². The number of piperazine rings is 1. The van der Waals surface area contributed by atoms with Crippen molar-refractivity contribution in [3.63, 3.8) is 0 Å². The van der Waals surface area contributed by atoms with Gasteiger partial charge in [-0.2, -0.15) is 0 Å². The Balaban J connectivity index is 1.88. The van der Waals surface area contributed by atoms with Crippen LogP contribution in [0.25, 0.3) is 0 Å². The largest absolute Gasteiger partial charge is 0.342 e. The van der Waals surface area contributed by atoms with Gasteiger partial charge in [-0.1, -0.05) is 19.1 Å². The Morgan fingerprint density at radius 1 is 1.21 bits per heavy atom. The molecule has 2 rings (SSSR count). The number of carbonyl (C=O) groups is 2. The van der Waals surface area contributed by atoms with Crippen molar-refractivity contribution < 1.29 is 9.59 Å². The lowest BCUT2D eigenvalue weighted by Gasteiger charge is -2.32. The highest BCUT2D eigenvalue weighted by Gasteiger charge is 2.19. The first-order chi connectivity index (χ1) is 9.22. The molecule has 0 saturated carbocycles. The Bertz CT molecular complexity index is 437. The molecule has 5 heteroatoms. The second kappa shape index (κ2) is 6.22. The number of anilines is 1. The van der Waals surface area contributed by atoms with Gasteiger partial charge in [-0.3, -0.25) is 4.79 Å². The third-order valence-corrected chi connectivity index (χ3v) is 3.36. The van der Waals surface area contributed by atoms with E-state index in [1.807, 2.05) is 24.3 Å². The van der Waals surface area contributed by atoms with Gasteiger partial charge < -0.3 is 15.1 Å². The van der Waals surface area contributed by atoms with Crippen LogP contribution in [0, 0.1) is 0 Å². The van der Waals surface area contributed by atoms with Gasteiger partial charge in [0.25, 0.3) is 0 Å². The van der Waals surface area contributed by atoms with Crippen molar-refractivity contribution in [1.29, 1.82) is 0 Å². The molecule has 0 atom stereocenters. The number of benzene rings is 1. The molecule has 0 bridgehead atoms. The second-order valence-electron chi connectivity index (χ2n) is 4.61. The van der Waals surface area contributed by atoms with Crippen LogP contribution in [-0.2, 0) is 11.2 Å². The van der Waals surface area contributed by atoms with Crippen molar-refractivity contribution in [2.75, 3.05) is 31.5 Å². The number of hydrogen-bond donors (Lipinski definition) is 1. The highest BCUT2D eigenvalue weighted by molar-refractivity contribution is 5.89. The summed E-state index contributed by atoms with van der Waals surface area (Å²) in [5.74, 6) is 0. The fourth-order valence-electron chi connectivity index (χ4n) is 2.06. The molecule has 0 aliphatic carbocycles. The van der Waals surface area contributed by atoms with E-state index in [2.05, 4.69) is 12.2 Å². The van der Waals surface area contributed by atoms with Crippen LogP contribution in [0.4, 0.5) is 10.5 Å². The molecule has 0 radical (unpaired) electrons. The van der Waals surface area contributed by atoms with Crippen molar-refractivity contribution in [3.8, 4) is 0 Å². The molecule has 19 heavy (non-hydrogen) atoms. The summed E-state index contributed by atoms with van der Waals surface area (Å²) in [6.07, 6.45) is 1.82. The number of nitrogens with zero attached hydrogens (tertiary/aromatic N) is 2. The van der Waals surface area contributed by atoms with Crippen molar-refractivity contribution >= 4 is 18.1 Å². The van der Waals surface area contributed by atoms with E-state index in [1.165, 1.54) is 5.56 Å². The van der Waals surface area contributed by atoms with Crippen LogP contribution in [0.1, 0.15) is 12.5 Å². The van der Waals surface area contributed by atoms with E-state index in [0.29, 0.717) is 26.2 Å². The first kappa shape index (κ1) is 13.4. The van der Waals surface area contributed by atoms with Crippen molar-refractivity contribution in [2.45, 2.75) is 13.3 Å². The molecule has 1 aromatic rings. The second-order valence-corrected chi connectivity index (χ2v) is 4.61. The van der Waals surface area contributed by atoms with Crippen LogP contribution in [-0.4, -0.2) is 48.4 Å². The van der Waals surface area contributed by atoms with E-state index in [-0.39, 0.29) is 6.03 Å². The summed E-state index contributed by atoms with van der Waals surface area (Å²) in [6, 6.07) is 7.76. The van der Waals surface area contributed by atoms with Gasteiger partial charge in [0.2, 0.25) is 6.41 Å². The fraction of sp³-hybridized carbons (Fsp3) is 0.429. The predicted molar refractivity (Wildman–Crippen MR) is 74.0 cm³/mol. The molecule has 1 aliphatic heterocycles. The van der Waals surface area contributed by atoms with Crippen LogP contribution < -0.4 is 5.32 Å². The molecule has 0 spiro atoms. The van der Waals surface area contributed by atoms with E-state index in [9.17, 15) is 9.59 Å². The molecule has 1 fully saturated rings. The highest BCUT2D eigenvalue weighted by Crippen LogP contribution is 2.11. The molecule has 0 unspecified atom stereocenters. The van der Waals surface area contributed by atoms with Crippen LogP contribution in [0.2, 0.25) is 0 Å². The summed E-state index contributed by atoms with van der Waals surface area (Å²) in [4.78, 5) is 26.0. The van der Waals surface area contributed by atoms with E-state index in [0.717, 1.165) is 18.5 Å². The molecular weight excluding hydrogens is 242 g/mol. The Labute approximate surface area is 113 Å². The Hall–Kier alpha value is -2.04. The molecule has 1 aliphatic rings. The van der Waals surface area contributed by atoms with Crippen LogP contribution in [0.3, 0.4) is 0 Å². The normalized spacial score (nSPS) is 15.2. The number of urea groups is 1. The zero-order chi connectivity index (χ0) is 13.7. The number of aryl methyl sites for hydroxylation is 1. The van der Waals surface area contributed by atoms with Crippen molar-refractivity contribution in [3.05, 3.63) is 29.8 Å². The monoisotopic (exact) mass is 261 g/mol. The maximum atomic E-state index is 12.0.